The zero-order valence-electron chi connectivity index (χ0n) is 24.2. The highest BCUT2D eigenvalue weighted by atomic mass is 19.1. The number of piperazine rings is 1. The van der Waals surface area contributed by atoms with Gasteiger partial charge in [-0.25, -0.2) is 23.4 Å². The molecule has 0 aliphatic carbocycles. The fourth-order valence-corrected chi connectivity index (χ4v) is 6.13. The van der Waals surface area contributed by atoms with Gasteiger partial charge < -0.3 is 9.80 Å². The third kappa shape index (κ3) is 4.72. The highest BCUT2D eigenvalue weighted by Crippen LogP contribution is 2.35. The van der Waals surface area contributed by atoms with E-state index in [1.54, 1.807) is 15.8 Å². The van der Waals surface area contributed by atoms with Gasteiger partial charge in [0.15, 0.2) is 11.5 Å². The van der Waals surface area contributed by atoms with Crippen LogP contribution < -0.4 is 10.6 Å². The molecular weight excluding hydrogens is 551 g/mol. The molecule has 4 aromatic rings. The summed E-state index contributed by atoms with van der Waals surface area (Å²) in [6, 6.07) is 4.61. The Labute approximate surface area is 247 Å². The summed E-state index contributed by atoms with van der Waals surface area (Å²) in [4.78, 5) is 44.2. The molecule has 12 nitrogen and oxygen atoms in total. The Kier molecular flexibility index (Phi) is 7.21. The molecule has 220 valence electrons. The van der Waals surface area contributed by atoms with E-state index in [9.17, 15) is 14.9 Å². The van der Waals surface area contributed by atoms with E-state index < -0.39 is 17.5 Å². The molecule has 1 fully saturated rings. The number of fused-ring (bicyclic) bond motifs is 5. The number of pyridine rings is 2. The van der Waals surface area contributed by atoms with Crippen molar-refractivity contribution in [3.05, 3.63) is 64.7 Å². The summed E-state index contributed by atoms with van der Waals surface area (Å²) in [5, 5.41) is 18.0. The molecule has 43 heavy (non-hydrogen) atoms. The third-order valence-electron chi connectivity index (χ3n) is 8.18. The second kappa shape index (κ2) is 11.0. The molecule has 2 bridgehead atoms. The Hall–Kier alpha value is -4.99. The molecule has 4 aromatic heterocycles. The van der Waals surface area contributed by atoms with Gasteiger partial charge >= 0.3 is 5.69 Å². The molecule has 0 N–H and O–H groups in total. The van der Waals surface area contributed by atoms with E-state index in [0.29, 0.717) is 41.8 Å². The van der Waals surface area contributed by atoms with Gasteiger partial charge in [-0.05, 0) is 49.5 Å². The summed E-state index contributed by atoms with van der Waals surface area (Å²) in [6.07, 6.45) is 5.78. The average molecular weight is 583 g/mol. The summed E-state index contributed by atoms with van der Waals surface area (Å²) in [7, 11) is 0. The van der Waals surface area contributed by atoms with Crippen LogP contribution in [0.2, 0.25) is 0 Å². The first-order valence-electron chi connectivity index (χ1n) is 14.3. The predicted molar refractivity (Wildman–Crippen MR) is 157 cm³/mol. The first-order chi connectivity index (χ1) is 20.7. The van der Waals surface area contributed by atoms with Gasteiger partial charge in [-0.3, -0.25) is 9.78 Å². The van der Waals surface area contributed by atoms with Crippen molar-refractivity contribution < 1.29 is 9.18 Å². The van der Waals surface area contributed by atoms with E-state index in [1.165, 1.54) is 22.9 Å². The largest absolute Gasteiger partial charge is 0.355 e. The maximum atomic E-state index is 16.0. The van der Waals surface area contributed by atoms with Crippen LogP contribution in [0.1, 0.15) is 50.8 Å². The standard InChI is InChI=1S/C30H31FN10O2/c1-5-24(42)39-15-18(4)38(16-20(39)8-10-32)28-21-13-22(31)26-23-14-34-37-40(23)12-6-7-19-9-11-33-25(17(2)3)27(19)41(29(21)35-26)30(43)36-28/h5,9,11,13-14,17-18,20H,1,6-8,12,15-16H2,2-4H3. The summed E-state index contributed by atoms with van der Waals surface area (Å²) >= 11 is 0. The molecule has 2 aliphatic heterocycles. The fraction of sp³-hybridized carbons (Fsp3) is 0.400. The second-order valence-electron chi connectivity index (χ2n) is 11.3. The van der Waals surface area contributed by atoms with Crippen molar-refractivity contribution in [2.24, 2.45) is 0 Å². The maximum absolute atomic E-state index is 16.0. The van der Waals surface area contributed by atoms with Crippen molar-refractivity contribution in [2.45, 2.75) is 64.6 Å². The lowest BCUT2D eigenvalue weighted by Crippen LogP contribution is -2.59. The van der Waals surface area contributed by atoms with Crippen LogP contribution in [0, 0.1) is 17.1 Å². The van der Waals surface area contributed by atoms with Gasteiger partial charge in [-0.15, -0.1) is 5.10 Å². The summed E-state index contributed by atoms with van der Waals surface area (Å²) < 4.78 is 19.1. The minimum atomic E-state index is -0.610. The van der Waals surface area contributed by atoms with Gasteiger partial charge in [0.1, 0.15) is 17.2 Å². The molecule has 0 saturated carbocycles. The number of hydrogen-bond donors (Lipinski definition) is 0. The van der Waals surface area contributed by atoms with Crippen molar-refractivity contribution in [1.82, 2.24) is 39.4 Å². The van der Waals surface area contributed by atoms with Crippen molar-refractivity contribution in [3.63, 3.8) is 0 Å². The first-order valence-corrected chi connectivity index (χ1v) is 14.3. The van der Waals surface area contributed by atoms with Crippen LogP contribution in [0.3, 0.4) is 0 Å². The van der Waals surface area contributed by atoms with E-state index in [-0.39, 0.29) is 54.5 Å². The van der Waals surface area contributed by atoms with Gasteiger partial charge in [0.2, 0.25) is 5.91 Å². The van der Waals surface area contributed by atoms with Crippen LogP contribution in [-0.4, -0.2) is 70.5 Å². The number of hydrogen-bond acceptors (Lipinski definition) is 9. The first kappa shape index (κ1) is 28.1. The van der Waals surface area contributed by atoms with E-state index >= 15 is 4.39 Å². The maximum Gasteiger partial charge on any atom is 0.355 e. The number of aryl methyl sites for hydroxylation is 2. The number of carbonyl (C=O) groups excluding carboxylic acids is 1. The second-order valence-corrected chi connectivity index (χ2v) is 11.3. The lowest BCUT2D eigenvalue weighted by molar-refractivity contribution is -0.129. The molecule has 2 atom stereocenters. The van der Waals surface area contributed by atoms with Crippen LogP contribution in [0.25, 0.3) is 28.1 Å². The number of aromatic nitrogens is 7. The Morgan fingerprint density at radius 2 is 2.12 bits per heavy atom. The van der Waals surface area contributed by atoms with Crippen LogP contribution in [0.15, 0.2) is 42.0 Å². The Balaban J connectivity index is 1.65. The van der Waals surface area contributed by atoms with Crippen molar-refractivity contribution >= 4 is 22.8 Å². The molecule has 0 aromatic carbocycles. The van der Waals surface area contributed by atoms with Gasteiger partial charge in [-0.1, -0.05) is 25.6 Å². The highest BCUT2D eigenvalue weighted by Gasteiger charge is 2.36. The lowest BCUT2D eigenvalue weighted by Gasteiger charge is -2.45. The van der Waals surface area contributed by atoms with Gasteiger partial charge in [-0.2, -0.15) is 10.2 Å². The number of nitrogens with zero attached hydrogens (tertiary/aromatic N) is 10. The topological polar surface area (TPSA) is 139 Å². The summed E-state index contributed by atoms with van der Waals surface area (Å²) in [5.74, 6) is -0.670. The zero-order valence-corrected chi connectivity index (χ0v) is 24.2. The highest BCUT2D eigenvalue weighted by molar-refractivity contribution is 5.91. The Bertz CT molecular complexity index is 1860. The molecule has 2 aliphatic rings. The fourth-order valence-electron chi connectivity index (χ4n) is 6.13. The number of carbonyl (C=O) groups is 1. The smallest absolute Gasteiger partial charge is 0.349 e. The van der Waals surface area contributed by atoms with Crippen LogP contribution in [0.4, 0.5) is 10.2 Å². The van der Waals surface area contributed by atoms with E-state index in [1.807, 2.05) is 31.7 Å². The normalized spacial score (nSPS) is 18.2. The minimum Gasteiger partial charge on any atom is -0.349 e. The van der Waals surface area contributed by atoms with E-state index in [0.717, 1.165) is 5.56 Å². The molecule has 0 spiro atoms. The van der Waals surface area contributed by atoms with Gasteiger partial charge in [0, 0.05) is 31.9 Å². The molecule has 1 saturated heterocycles. The number of amides is 1. The minimum absolute atomic E-state index is 0.0245. The SMILES string of the molecule is C=CC(=O)N1CC(C)N(c2nc(=O)n3c4nc(c(F)cc24)-c2cnnn2CCCc2ccnc(C(C)C)c2-3)CC1CC#N. The lowest BCUT2D eigenvalue weighted by atomic mass is 10.0. The Morgan fingerprint density at radius 1 is 1.30 bits per heavy atom. The summed E-state index contributed by atoms with van der Waals surface area (Å²) in [6.45, 7) is 10.5. The summed E-state index contributed by atoms with van der Waals surface area (Å²) in [5.41, 5.74) is 2.29. The molecular formula is C30H31FN10O2. The molecule has 1 amide bonds. The average Bonchev–Trinajstić information content (AvgIpc) is 3.44. The van der Waals surface area contributed by atoms with Crippen LogP contribution in [-0.2, 0) is 17.8 Å². The molecule has 2 unspecified atom stereocenters. The third-order valence-corrected chi connectivity index (χ3v) is 8.18. The van der Waals surface area contributed by atoms with Crippen LogP contribution in [0.5, 0.6) is 0 Å². The number of anilines is 1. The van der Waals surface area contributed by atoms with Crippen molar-refractivity contribution in [2.75, 3.05) is 18.0 Å². The monoisotopic (exact) mass is 582 g/mol. The van der Waals surface area contributed by atoms with E-state index in [4.69, 9.17) is 4.98 Å². The zero-order chi connectivity index (χ0) is 30.4. The number of halogens is 1. The van der Waals surface area contributed by atoms with E-state index in [2.05, 4.69) is 32.9 Å². The van der Waals surface area contributed by atoms with Gasteiger partial charge in [0.25, 0.3) is 0 Å². The predicted octanol–water partition coefficient (Wildman–Crippen LogP) is 3.15. The molecule has 13 heteroatoms. The van der Waals surface area contributed by atoms with Crippen molar-refractivity contribution in [3.8, 4) is 23.1 Å². The van der Waals surface area contributed by atoms with Crippen LogP contribution >= 0.6 is 0 Å². The molecule has 0 radical (unpaired) electrons. The Morgan fingerprint density at radius 3 is 2.86 bits per heavy atom. The number of rotatable bonds is 4. The molecule has 6 heterocycles. The number of nitriles is 1. The molecule has 6 rings (SSSR count). The van der Waals surface area contributed by atoms with Crippen molar-refractivity contribution in [1.29, 1.82) is 5.26 Å². The van der Waals surface area contributed by atoms with Gasteiger partial charge in [0.05, 0.1) is 41.5 Å². The quantitative estimate of drug-likeness (QED) is 0.332.